The summed E-state index contributed by atoms with van der Waals surface area (Å²) in [5.74, 6) is -2.87. The van der Waals surface area contributed by atoms with Gasteiger partial charge in [0.2, 0.25) is 5.82 Å². The molecule has 1 aromatic heterocycles. The molecule has 0 saturated carbocycles. The van der Waals surface area contributed by atoms with Gasteiger partial charge in [0.15, 0.2) is 0 Å². The number of hydrogen-bond donors (Lipinski definition) is 0. The maximum atomic E-state index is 14.4. The molecule has 5 rings (SSSR count). The highest BCUT2D eigenvalue weighted by Crippen LogP contribution is 2.49. The minimum Gasteiger partial charge on any atom is -0.460 e. The summed E-state index contributed by atoms with van der Waals surface area (Å²) < 4.78 is 70.9. The molecule has 9 nitrogen and oxygen atoms in total. The second-order valence-electron chi connectivity index (χ2n) is 10.9. The van der Waals surface area contributed by atoms with Crippen LogP contribution in [0.4, 0.5) is 17.6 Å². The van der Waals surface area contributed by atoms with E-state index >= 15 is 0 Å². The summed E-state index contributed by atoms with van der Waals surface area (Å²) in [5.41, 5.74) is -2.35. The molecule has 1 aromatic carbocycles. The number of rotatable bonds is 6. The number of alkyl halides is 3. The SMILES string of the molecule is C=C1C(=O)O[C@H]2[C@H]1CC/C(COC(=O)Cn1cc(F)c(=O)n(Cc3ccc(C(F)(F)F)cc3)c1=O)=C\CC[C@@]1(C)O[C@@H]21. The minimum atomic E-state index is -4.57. The molecule has 0 amide bonds. The molecule has 13 heteroatoms. The Morgan fingerprint density at radius 1 is 1.19 bits per heavy atom. The van der Waals surface area contributed by atoms with Gasteiger partial charge in [0, 0.05) is 11.5 Å². The monoisotopic (exact) mass is 592 g/mol. The number of carbonyl (C=O) groups is 2. The molecule has 2 saturated heterocycles. The van der Waals surface area contributed by atoms with Gasteiger partial charge in [0.1, 0.15) is 25.4 Å². The van der Waals surface area contributed by atoms with Crippen molar-refractivity contribution in [3.05, 3.63) is 92.0 Å². The quantitative estimate of drug-likeness (QED) is 0.166. The van der Waals surface area contributed by atoms with Crippen LogP contribution >= 0.6 is 0 Å². The molecule has 0 spiro atoms. The Morgan fingerprint density at radius 2 is 1.90 bits per heavy atom. The number of nitrogens with zero attached hydrogens (tertiary/aromatic N) is 2. The first kappa shape index (κ1) is 29.5. The summed E-state index contributed by atoms with van der Waals surface area (Å²) >= 11 is 0. The Bertz CT molecular complexity index is 1570. The molecule has 3 heterocycles. The Hall–Kier alpha value is -4.00. The lowest BCUT2D eigenvalue weighted by molar-refractivity contribution is -0.143. The topological polar surface area (TPSA) is 109 Å². The largest absolute Gasteiger partial charge is 0.460 e. The maximum absolute atomic E-state index is 14.4. The molecule has 0 bridgehead atoms. The summed E-state index contributed by atoms with van der Waals surface area (Å²) in [7, 11) is 0. The minimum absolute atomic E-state index is 0.110. The third kappa shape index (κ3) is 5.96. The number of hydrogen-bond acceptors (Lipinski definition) is 7. The van der Waals surface area contributed by atoms with Crippen LogP contribution in [0.5, 0.6) is 0 Å². The van der Waals surface area contributed by atoms with E-state index in [9.17, 15) is 36.7 Å². The number of benzene rings is 1. The van der Waals surface area contributed by atoms with Gasteiger partial charge in [-0.25, -0.2) is 9.59 Å². The molecule has 2 aliphatic heterocycles. The van der Waals surface area contributed by atoms with Crippen LogP contribution in [0.2, 0.25) is 0 Å². The molecule has 0 N–H and O–H groups in total. The van der Waals surface area contributed by atoms with Crippen LogP contribution in [0.25, 0.3) is 0 Å². The normalized spacial score (nSPS) is 26.9. The Kier molecular flexibility index (Phi) is 7.73. The highest BCUT2D eigenvalue weighted by Gasteiger charge is 2.61. The average Bonchev–Trinajstić information content (AvgIpc) is 3.52. The van der Waals surface area contributed by atoms with Gasteiger partial charge in [0.25, 0.3) is 5.56 Å². The van der Waals surface area contributed by atoms with Crippen LogP contribution < -0.4 is 11.2 Å². The Labute approximate surface area is 237 Å². The predicted octanol–water partition coefficient (Wildman–Crippen LogP) is 3.52. The predicted molar refractivity (Wildman–Crippen MR) is 139 cm³/mol. The number of carbonyl (C=O) groups excluding carboxylic acids is 2. The van der Waals surface area contributed by atoms with Crippen molar-refractivity contribution in [2.75, 3.05) is 6.61 Å². The fraction of sp³-hybridized carbons (Fsp3) is 0.448. The second kappa shape index (κ2) is 11.0. The number of esters is 2. The number of fused-ring (bicyclic) bond motifs is 3. The van der Waals surface area contributed by atoms with Gasteiger partial charge < -0.3 is 14.2 Å². The van der Waals surface area contributed by atoms with E-state index in [1.165, 1.54) is 0 Å². The van der Waals surface area contributed by atoms with Crippen molar-refractivity contribution in [1.82, 2.24) is 9.13 Å². The molecule has 224 valence electrons. The third-order valence-corrected chi connectivity index (χ3v) is 7.97. The van der Waals surface area contributed by atoms with Gasteiger partial charge in [-0.1, -0.05) is 24.8 Å². The maximum Gasteiger partial charge on any atom is 0.416 e. The zero-order valence-electron chi connectivity index (χ0n) is 22.6. The number of halogens is 4. The highest BCUT2D eigenvalue weighted by molar-refractivity contribution is 5.91. The summed E-state index contributed by atoms with van der Waals surface area (Å²) in [6, 6.07) is 3.72. The van der Waals surface area contributed by atoms with Crippen molar-refractivity contribution in [3.63, 3.8) is 0 Å². The van der Waals surface area contributed by atoms with Gasteiger partial charge in [-0.15, -0.1) is 0 Å². The molecule has 4 atom stereocenters. The number of allylic oxidation sites excluding steroid dienone is 1. The Morgan fingerprint density at radius 3 is 2.60 bits per heavy atom. The first-order valence-electron chi connectivity index (χ1n) is 13.3. The van der Waals surface area contributed by atoms with Gasteiger partial charge >= 0.3 is 23.8 Å². The molecule has 0 radical (unpaired) electrons. The zero-order chi connectivity index (χ0) is 30.4. The van der Waals surface area contributed by atoms with Crippen LogP contribution in [0, 0.1) is 11.7 Å². The summed E-state index contributed by atoms with van der Waals surface area (Å²) in [5, 5.41) is 0. The van der Waals surface area contributed by atoms with Crippen LogP contribution in [0.3, 0.4) is 0 Å². The summed E-state index contributed by atoms with van der Waals surface area (Å²) in [4.78, 5) is 50.0. The van der Waals surface area contributed by atoms with Crippen molar-refractivity contribution < 1.29 is 41.4 Å². The van der Waals surface area contributed by atoms with Crippen molar-refractivity contribution in [2.45, 2.75) is 69.7 Å². The van der Waals surface area contributed by atoms with Crippen LogP contribution in [0.15, 0.2) is 63.9 Å². The van der Waals surface area contributed by atoms with E-state index < -0.39 is 65.5 Å². The number of aromatic nitrogens is 2. The van der Waals surface area contributed by atoms with Gasteiger partial charge in [-0.3, -0.25) is 18.7 Å². The third-order valence-electron chi connectivity index (χ3n) is 7.97. The van der Waals surface area contributed by atoms with Crippen LogP contribution in [-0.2, 0) is 43.1 Å². The summed E-state index contributed by atoms with van der Waals surface area (Å²) in [6.45, 7) is 4.51. The lowest BCUT2D eigenvalue weighted by Crippen LogP contribution is -2.42. The fourth-order valence-electron chi connectivity index (χ4n) is 5.46. The van der Waals surface area contributed by atoms with Gasteiger partial charge in [0.05, 0.1) is 23.9 Å². The lowest BCUT2D eigenvalue weighted by atomic mass is 9.84. The molecule has 42 heavy (non-hydrogen) atoms. The number of epoxide rings is 1. The standard InChI is InChI=1S/C29H28F4N2O7/c1-16-20-10-7-18(4-3-11-28(2)24(42-28)23(20)41-26(16)38)15-40-22(36)14-34-13-21(30)25(37)35(27(34)39)12-17-5-8-19(9-6-17)29(31,32)33/h4-6,8-9,13,20,23-24H,1,3,7,10-12,14-15H2,2H3/b18-4+/t20-,23-,24-,28+/m0/s1. The van der Waals surface area contributed by atoms with Crippen molar-refractivity contribution in [2.24, 2.45) is 5.92 Å². The van der Waals surface area contributed by atoms with E-state index in [2.05, 4.69) is 6.58 Å². The summed E-state index contributed by atoms with van der Waals surface area (Å²) in [6.07, 6.45) is -0.352. The highest BCUT2D eigenvalue weighted by atomic mass is 19.4. The second-order valence-corrected chi connectivity index (χ2v) is 10.9. The molecule has 2 aromatic rings. The van der Waals surface area contributed by atoms with Crippen molar-refractivity contribution in [3.8, 4) is 0 Å². The van der Waals surface area contributed by atoms with E-state index in [-0.39, 0.29) is 24.2 Å². The molecule has 3 aliphatic rings. The first-order chi connectivity index (χ1) is 19.8. The van der Waals surface area contributed by atoms with E-state index in [0.29, 0.717) is 46.6 Å². The molecular formula is C29H28F4N2O7. The van der Waals surface area contributed by atoms with Crippen LogP contribution in [0.1, 0.15) is 43.7 Å². The molecule has 0 unspecified atom stereocenters. The Balaban J connectivity index is 1.25. The first-order valence-corrected chi connectivity index (χ1v) is 13.3. The molecular weight excluding hydrogens is 564 g/mol. The van der Waals surface area contributed by atoms with Gasteiger partial charge in [-0.05, 0) is 55.9 Å². The van der Waals surface area contributed by atoms with E-state index in [4.69, 9.17) is 14.2 Å². The molecule has 1 aliphatic carbocycles. The van der Waals surface area contributed by atoms with Crippen molar-refractivity contribution in [1.29, 1.82) is 0 Å². The van der Waals surface area contributed by atoms with E-state index in [0.717, 1.165) is 29.8 Å². The fourth-order valence-corrected chi connectivity index (χ4v) is 5.46. The van der Waals surface area contributed by atoms with Gasteiger partial charge in [-0.2, -0.15) is 17.6 Å². The lowest BCUT2D eigenvalue weighted by Gasteiger charge is -2.20. The smallest absolute Gasteiger partial charge is 0.416 e. The van der Waals surface area contributed by atoms with E-state index in [1.54, 1.807) is 0 Å². The number of ether oxygens (including phenoxy) is 3. The zero-order valence-corrected chi connectivity index (χ0v) is 22.6. The van der Waals surface area contributed by atoms with E-state index in [1.807, 2.05) is 13.0 Å². The van der Waals surface area contributed by atoms with Crippen molar-refractivity contribution >= 4 is 11.9 Å². The van der Waals surface area contributed by atoms with Crippen LogP contribution in [-0.4, -0.2) is 45.5 Å². The average molecular weight is 593 g/mol. The molecule has 2 fully saturated rings.